The van der Waals surface area contributed by atoms with E-state index in [0.29, 0.717) is 36.0 Å². The summed E-state index contributed by atoms with van der Waals surface area (Å²) in [5, 5.41) is 9.21. The Bertz CT molecular complexity index is 1390. The predicted molar refractivity (Wildman–Crippen MR) is 116 cm³/mol. The molecule has 0 saturated carbocycles. The summed E-state index contributed by atoms with van der Waals surface area (Å²) in [4.78, 5) is 38.2. The first-order chi connectivity index (χ1) is 15.3. The van der Waals surface area contributed by atoms with E-state index in [9.17, 15) is 19.6 Å². The Morgan fingerprint density at radius 1 is 1.12 bits per heavy atom. The summed E-state index contributed by atoms with van der Waals surface area (Å²) in [7, 11) is 0. The molecule has 4 rings (SSSR count). The van der Waals surface area contributed by atoms with Gasteiger partial charge < -0.3 is 14.0 Å². The normalized spacial score (nSPS) is 12.4. The monoisotopic (exact) mass is 434 g/mol. The maximum absolute atomic E-state index is 13.1. The molecule has 1 aromatic carbocycles. The third-order valence-corrected chi connectivity index (χ3v) is 5.52. The summed E-state index contributed by atoms with van der Waals surface area (Å²) < 4.78 is 15.2. The molecule has 3 aromatic rings. The zero-order chi connectivity index (χ0) is 23.0. The van der Waals surface area contributed by atoms with Crippen LogP contribution in [0.5, 0.6) is 11.5 Å². The number of fused-ring (bicyclic) bond motifs is 1. The van der Waals surface area contributed by atoms with Crippen LogP contribution in [-0.2, 0) is 13.1 Å². The number of benzene rings is 1. The number of nitriles is 1. The van der Waals surface area contributed by atoms with Crippen molar-refractivity contribution in [1.82, 2.24) is 13.7 Å². The highest BCUT2D eigenvalue weighted by Crippen LogP contribution is 2.33. The van der Waals surface area contributed by atoms with Gasteiger partial charge in [-0.3, -0.25) is 18.7 Å². The topological polar surface area (TPSA) is 108 Å². The lowest BCUT2D eigenvalue weighted by Crippen LogP contribution is -2.42. The summed E-state index contributed by atoms with van der Waals surface area (Å²) in [6.45, 7) is 6.19. The Kier molecular flexibility index (Phi) is 5.45. The molecule has 0 radical (unpaired) electrons. The van der Waals surface area contributed by atoms with E-state index in [4.69, 9.17) is 9.47 Å². The Morgan fingerprint density at radius 2 is 1.84 bits per heavy atom. The summed E-state index contributed by atoms with van der Waals surface area (Å²) >= 11 is 0. The van der Waals surface area contributed by atoms with Crippen molar-refractivity contribution in [2.75, 3.05) is 13.2 Å². The fraction of sp³-hybridized carbons (Fsp3) is 0.304. The first-order valence-electron chi connectivity index (χ1n) is 10.2. The molecule has 0 atom stereocenters. The van der Waals surface area contributed by atoms with Crippen molar-refractivity contribution in [1.29, 1.82) is 5.26 Å². The van der Waals surface area contributed by atoms with Gasteiger partial charge in [0.2, 0.25) is 0 Å². The largest absolute Gasteiger partial charge is 0.486 e. The van der Waals surface area contributed by atoms with Crippen LogP contribution in [0.3, 0.4) is 0 Å². The van der Waals surface area contributed by atoms with E-state index in [1.54, 1.807) is 26.0 Å². The molecule has 9 nitrogen and oxygen atoms in total. The zero-order valence-corrected chi connectivity index (χ0v) is 18.0. The van der Waals surface area contributed by atoms with E-state index >= 15 is 0 Å². The number of nitrogens with zero attached hydrogens (tertiary/aromatic N) is 4. The van der Waals surface area contributed by atoms with Gasteiger partial charge in [0.15, 0.2) is 17.3 Å². The Hall–Kier alpha value is -4.06. The highest BCUT2D eigenvalue weighted by Gasteiger charge is 2.21. The summed E-state index contributed by atoms with van der Waals surface area (Å²) in [5.41, 5.74) is 1.12. The summed E-state index contributed by atoms with van der Waals surface area (Å²) in [5.74, 6) is 0.913. The van der Waals surface area contributed by atoms with Gasteiger partial charge in [0.05, 0.1) is 6.54 Å². The van der Waals surface area contributed by atoms with E-state index in [1.807, 2.05) is 29.7 Å². The molecule has 0 unspecified atom stereocenters. The van der Waals surface area contributed by atoms with Crippen molar-refractivity contribution in [3.05, 3.63) is 73.8 Å². The van der Waals surface area contributed by atoms with E-state index < -0.39 is 17.8 Å². The number of carbonyl (C=O) groups is 1. The Labute approximate surface area is 183 Å². The molecule has 0 aliphatic carbocycles. The molecular weight excluding hydrogens is 412 g/mol. The highest BCUT2D eigenvalue weighted by molar-refractivity contribution is 5.97. The van der Waals surface area contributed by atoms with Crippen LogP contribution in [0.2, 0.25) is 0 Å². The quantitative estimate of drug-likeness (QED) is 0.568. The minimum absolute atomic E-state index is 0.180. The molecule has 0 saturated heterocycles. The average molecular weight is 434 g/mol. The van der Waals surface area contributed by atoms with E-state index in [-0.39, 0.29) is 17.9 Å². The minimum atomic E-state index is -0.767. The fourth-order valence-electron chi connectivity index (χ4n) is 3.94. The van der Waals surface area contributed by atoms with Crippen LogP contribution in [0.1, 0.15) is 34.2 Å². The van der Waals surface area contributed by atoms with Gasteiger partial charge in [0, 0.05) is 41.4 Å². The van der Waals surface area contributed by atoms with Gasteiger partial charge >= 0.3 is 5.69 Å². The van der Waals surface area contributed by atoms with Crippen LogP contribution in [-0.4, -0.2) is 32.7 Å². The molecule has 0 amide bonds. The predicted octanol–water partition coefficient (Wildman–Crippen LogP) is 1.96. The highest BCUT2D eigenvalue weighted by atomic mass is 16.6. The maximum atomic E-state index is 13.1. The third-order valence-electron chi connectivity index (χ3n) is 5.52. The minimum Gasteiger partial charge on any atom is -0.486 e. The first-order valence-corrected chi connectivity index (χ1v) is 10.2. The molecule has 2 aromatic heterocycles. The van der Waals surface area contributed by atoms with Crippen LogP contribution >= 0.6 is 0 Å². The molecule has 32 heavy (non-hydrogen) atoms. The van der Waals surface area contributed by atoms with Crippen molar-refractivity contribution < 1.29 is 14.3 Å². The van der Waals surface area contributed by atoms with Crippen LogP contribution in [0.4, 0.5) is 0 Å². The average Bonchev–Trinajstić information content (AvgIpc) is 3.10. The number of ether oxygens (including phenoxy) is 2. The Balaban J connectivity index is 1.73. The molecule has 0 spiro atoms. The molecule has 1 aliphatic heterocycles. The second kappa shape index (κ2) is 8.23. The summed E-state index contributed by atoms with van der Waals surface area (Å²) in [6.07, 6.45) is 1.22. The van der Waals surface area contributed by atoms with Gasteiger partial charge in [-0.25, -0.2) is 4.79 Å². The number of rotatable bonds is 5. The lowest BCUT2D eigenvalue weighted by atomic mass is 10.1. The first kappa shape index (κ1) is 21.2. The van der Waals surface area contributed by atoms with Crippen molar-refractivity contribution in [3.8, 4) is 23.3 Å². The molecule has 164 valence electrons. The summed E-state index contributed by atoms with van der Waals surface area (Å²) in [6, 6.07) is 9.07. The second-order valence-corrected chi connectivity index (χ2v) is 7.49. The van der Waals surface area contributed by atoms with Crippen LogP contribution < -0.4 is 20.7 Å². The van der Waals surface area contributed by atoms with Crippen LogP contribution in [0.25, 0.3) is 5.69 Å². The van der Waals surface area contributed by atoms with E-state index in [2.05, 4.69) is 0 Å². The van der Waals surface area contributed by atoms with E-state index in [0.717, 1.165) is 15.9 Å². The van der Waals surface area contributed by atoms with Gasteiger partial charge in [0.25, 0.3) is 5.56 Å². The number of Topliss-reactive ketones (excluding diaryl/α,β-unsaturated/α-hetero) is 1. The molecule has 0 fully saturated rings. The van der Waals surface area contributed by atoms with Gasteiger partial charge in [-0.2, -0.15) is 5.26 Å². The van der Waals surface area contributed by atoms with Crippen LogP contribution in [0, 0.1) is 25.2 Å². The number of hydrogen-bond donors (Lipinski definition) is 0. The fourth-order valence-corrected chi connectivity index (χ4v) is 3.94. The molecule has 0 bridgehead atoms. The van der Waals surface area contributed by atoms with Gasteiger partial charge in [-0.05, 0) is 39.0 Å². The third kappa shape index (κ3) is 3.50. The number of aryl methyl sites for hydroxylation is 2. The van der Waals surface area contributed by atoms with Gasteiger partial charge in [-0.1, -0.05) is 0 Å². The lowest BCUT2D eigenvalue weighted by molar-refractivity contribution is 0.0968. The van der Waals surface area contributed by atoms with Crippen molar-refractivity contribution in [2.24, 2.45) is 0 Å². The number of carbonyl (C=O) groups excluding carboxylic acids is 1. The zero-order valence-electron chi connectivity index (χ0n) is 18.0. The SMILES string of the molecule is CCn1cc(C#N)c(=O)n(CC(=O)c2cc(C)n(-c3ccc4c(c3)OCCO4)c2C)c1=O. The number of ketones is 1. The molecule has 9 heteroatoms. The number of hydrogen-bond acceptors (Lipinski definition) is 6. The smallest absolute Gasteiger partial charge is 0.331 e. The van der Waals surface area contributed by atoms with Crippen molar-refractivity contribution in [2.45, 2.75) is 33.9 Å². The standard InChI is InChI=1S/C23H22N4O5/c1-4-25-12-16(11-24)22(29)26(23(25)30)13-19(28)18-9-14(2)27(15(18)3)17-5-6-20-21(10-17)32-8-7-31-20/h5-6,9-10,12H,4,7-8,13H2,1-3H3. The maximum Gasteiger partial charge on any atom is 0.331 e. The molecule has 3 heterocycles. The van der Waals surface area contributed by atoms with Crippen LogP contribution in [0.15, 0.2) is 40.1 Å². The lowest BCUT2D eigenvalue weighted by Gasteiger charge is -2.20. The molecule has 1 aliphatic rings. The molecule has 0 N–H and O–H groups in total. The van der Waals surface area contributed by atoms with E-state index in [1.165, 1.54) is 10.8 Å². The second-order valence-electron chi connectivity index (χ2n) is 7.49. The molecular formula is C23H22N4O5. The van der Waals surface area contributed by atoms with Gasteiger partial charge in [0.1, 0.15) is 24.8 Å². The van der Waals surface area contributed by atoms with Crippen molar-refractivity contribution in [3.63, 3.8) is 0 Å². The van der Waals surface area contributed by atoms with Gasteiger partial charge in [-0.15, -0.1) is 0 Å². The number of aromatic nitrogens is 3. The Morgan fingerprint density at radius 3 is 2.53 bits per heavy atom. The van der Waals surface area contributed by atoms with Crippen molar-refractivity contribution >= 4 is 5.78 Å².